The molecule has 36 heavy (non-hydrogen) atoms. The first kappa shape index (κ1) is 22.7. The number of piperidine rings is 1. The maximum atomic E-state index is 12.5. The third-order valence-electron chi connectivity index (χ3n) is 6.59. The normalized spacial score (nSPS) is 15.8. The molecule has 0 aliphatic carbocycles. The van der Waals surface area contributed by atoms with Crippen LogP contribution in [0, 0.1) is 0 Å². The molecule has 0 saturated carbocycles. The van der Waals surface area contributed by atoms with Gasteiger partial charge in [-0.1, -0.05) is 11.3 Å². The average molecular weight is 507 g/mol. The predicted molar refractivity (Wildman–Crippen MR) is 138 cm³/mol. The van der Waals surface area contributed by atoms with Gasteiger partial charge in [-0.05, 0) is 87.1 Å². The van der Waals surface area contributed by atoms with Gasteiger partial charge in [-0.15, -0.1) is 0 Å². The molecular formula is C26H26N4O5S. The molecule has 9 nitrogen and oxygen atoms in total. The number of amides is 1. The Bertz CT molecular complexity index is 1410. The van der Waals surface area contributed by atoms with E-state index >= 15 is 0 Å². The molecule has 0 radical (unpaired) electrons. The Labute approximate surface area is 212 Å². The highest BCUT2D eigenvalue weighted by atomic mass is 32.1. The standard InChI is InChI=1S/C26H26N4O5S/c1-29-11-9-18(10-12-29)30(2)25-28-19-14-17(4-6-20(19)34-25)27-26(31)35-24-8-7-23(36-24)16-3-5-21-22(13-16)33-15-32-21/h3-8,13-14,18H,9-12,15H2,1-2H3,(H,27,31). The predicted octanol–water partition coefficient (Wildman–Crippen LogP) is 5.43. The summed E-state index contributed by atoms with van der Waals surface area (Å²) in [6, 6.07) is 15.8. The minimum atomic E-state index is -0.569. The van der Waals surface area contributed by atoms with E-state index in [-0.39, 0.29) is 6.79 Å². The summed E-state index contributed by atoms with van der Waals surface area (Å²) in [4.78, 5) is 22.6. The van der Waals surface area contributed by atoms with Crippen molar-refractivity contribution in [2.75, 3.05) is 44.2 Å². The lowest BCUT2D eigenvalue weighted by atomic mass is 10.0. The summed E-state index contributed by atoms with van der Waals surface area (Å²) in [5.41, 5.74) is 2.91. The van der Waals surface area contributed by atoms with Crippen molar-refractivity contribution in [3.05, 3.63) is 48.5 Å². The first-order valence-electron chi connectivity index (χ1n) is 11.8. The van der Waals surface area contributed by atoms with Crippen LogP contribution >= 0.6 is 11.3 Å². The van der Waals surface area contributed by atoms with Crippen molar-refractivity contribution in [3.8, 4) is 27.0 Å². The van der Waals surface area contributed by atoms with Crippen LogP contribution in [0.15, 0.2) is 52.9 Å². The van der Waals surface area contributed by atoms with E-state index in [1.54, 1.807) is 18.2 Å². The number of benzene rings is 2. The van der Waals surface area contributed by atoms with E-state index in [1.807, 2.05) is 37.4 Å². The van der Waals surface area contributed by atoms with Crippen molar-refractivity contribution in [2.24, 2.45) is 0 Å². The van der Waals surface area contributed by atoms with Crippen LogP contribution in [0.1, 0.15) is 12.8 Å². The number of aromatic nitrogens is 1. The number of carbonyl (C=O) groups excluding carboxylic acids is 1. The molecule has 2 aliphatic heterocycles. The Kier molecular flexibility index (Phi) is 5.90. The van der Waals surface area contributed by atoms with Crippen molar-refractivity contribution in [1.29, 1.82) is 0 Å². The molecule has 0 spiro atoms. The highest BCUT2D eigenvalue weighted by molar-refractivity contribution is 7.17. The fraction of sp³-hybridized carbons (Fsp3) is 0.308. The second-order valence-corrected chi connectivity index (χ2v) is 10.1. The van der Waals surface area contributed by atoms with Crippen LogP contribution in [0.2, 0.25) is 0 Å². The molecule has 6 rings (SSSR count). The molecule has 1 fully saturated rings. The van der Waals surface area contributed by atoms with Gasteiger partial charge in [-0.2, -0.15) is 4.98 Å². The second kappa shape index (κ2) is 9.36. The molecule has 2 aromatic heterocycles. The minimum Gasteiger partial charge on any atom is -0.454 e. The van der Waals surface area contributed by atoms with Crippen LogP contribution < -0.4 is 24.4 Å². The number of hydrogen-bond acceptors (Lipinski definition) is 9. The molecule has 1 N–H and O–H groups in total. The van der Waals surface area contributed by atoms with Crippen LogP contribution in [0.25, 0.3) is 21.5 Å². The molecule has 186 valence electrons. The Morgan fingerprint density at radius 1 is 1.11 bits per heavy atom. The van der Waals surface area contributed by atoms with Crippen LogP contribution in [-0.4, -0.2) is 56.0 Å². The van der Waals surface area contributed by atoms with Crippen molar-refractivity contribution in [2.45, 2.75) is 18.9 Å². The smallest absolute Gasteiger partial charge is 0.417 e. The Morgan fingerprint density at radius 3 is 2.81 bits per heavy atom. The summed E-state index contributed by atoms with van der Waals surface area (Å²) in [5.74, 6) is 1.45. The van der Waals surface area contributed by atoms with Gasteiger partial charge in [0.25, 0.3) is 6.01 Å². The van der Waals surface area contributed by atoms with Crippen LogP contribution in [0.3, 0.4) is 0 Å². The Morgan fingerprint density at radius 2 is 1.94 bits per heavy atom. The molecule has 10 heteroatoms. The fourth-order valence-electron chi connectivity index (χ4n) is 4.50. The molecule has 0 unspecified atom stereocenters. The highest BCUT2D eigenvalue weighted by Gasteiger charge is 2.24. The van der Waals surface area contributed by atoms with Gasteiger partial charge in [-0.3, -0.25) is 5.32 Å². The monoisotopic (exact) mass is 506 g/mol. The van der Waals surface area contributed by atoms with Gasteiger partial charge in [0.05, 0.1) is 0 Å². The molecule has 2 aromatic carbocycles. The lowest BCUT2D eigenvalue weighted by Gasteiger charge is -2.34. The van der Waals surface area contributed by atoms with Gasteiger partial charge < -0.3 is 28.4 Å². The van der Waals surface area contributed by atoms with E-state index in [9.17, 15) is 4.79 Å². The minimum absolute atomic E-state index is 0.230. The molecule has 1 saturated heterocycles. The van der Waals surface area contributed by atoms with Gasteiger partial charge in [0, 0.05) is 23.7 Å². The summed E-state index contributed by atoms with van der Waals surface area (Å²) in [6.45, 7) is 2.36. The third-order valence-corrected chi connectivity index (χ3v) is 7.60. The highest BCUT2D eigenvalue weighted by Crippen LogP contribution is 2.39. The summed E-state index contributed by atoms with van der Waals surface area (Å²) < 4.78 is 22.3. The summed E-state index contributed by atoms with van der Waals surface area (Å²) in [7, 11) is 4.17. The maximum absolute atomic E-state index is 12.5. The number of nitrogens with zero attached hydrogens (tertiary/aromatic N) is 3. The zero-order valence-electron chi connectivity index (χ0n) is 20.0. The van der Waals surface area contributed by atoms with E-state index in [1.165, 1.54) is 11.3 Å². The van der Waals surface area contributed by atoms with Crippen LogP contribution in [-0.2, 0) is 0 Å². The maximum Gasteiger partial charge on any atom is 0.417 e. The van der Waals surface area contributed by atoms with Gasteiger partial charge in [-0.25, -0.2) is 4.79 Å². The number of hydrogen-bond donors (Lipinski definition) is 1. The van der Waals surface area contributed by atoms with Crippen molar-refractivity contribution >= 4 is 40.2 Å². The van der Waals surface area contributed by atoms with Gasteiger partial charge in [0.1, 0.15) is 5.52 Å². The zero-order valence-corrected chi connectivity index (χ0v) is 20.8. The number of fused-ring (bicyclic) bond motifs is 2. The largest absolute Gasteiger partial charge is 0.454 e. The van der Waals surface area contributed by atoms with Gasteiger partial charge in [0.2, 0.25) is 6.79 Å². The number of carbonyl (C=O) groups is 1. The number of nitrogens with one attached hydrogen (secondary N) is 1. The molecule has 4 heterocycles. The lowest BCUT2D eigenvalue weighted by Crippen LogP contribution is -2.42. The van der Waals surface area contributed by atoms with E-state index in [2.05, 4.69) is 27.1 Å². The summed E-state index contributed by atoms with van der Waals surface area (Å²) >= 11 is 1.38. The van der Waals surface area contributed by atoms with Crippen LogP contribution in [0.5, 0.6) is 16.6 Å². The zero-order chi connectivity index (χ0) is 24.6. The number of thiophene rings is 1. The van der Waals surface area contributed by atoms with E-state index < -0.39 is 6.09 Å². The van der Waals surface area contributed by atoms with E-state index in [0.29, 0.717) is 39.7 Å². The molecule has 0 atom stereocenters. The van der Waals surface area contributed by atoms with Crippen molar-refractivity contribution < 1.29 is 23.4 Å². The fourth-order valence-corrected chi connectivity index (χ4v) is 5.35. The molecule has 1 amide bonds. The van der Waals surface area contributed by atoms with E-state index in [0.717, 1.165) is 42.1 Å². The van der Waals surface area contributed by atoms with Crippen molar-refractivity contribution in [3.63, 3.8) is 0 Å². The molecule has 4 aromatic rings. The van der Waals surface area contributed by atoms with Crippen LogP contribution in [0.4, 0.5) is 16.5 Å². The lowest BCUT2D eigenvalue weighted by molar-refractivity contribution is 0.174. The Balaban J connectivity index is 1.10. The number of likely N-dealkylation sites (tertiary alicyclic amines) is 1. The summed E-state index contributed by atoms with van der Waals surface area (Å²) in [6.07, 6.45) is 1.58. The first-order valence-corrected chi connectivity index (χ1v) is 12.6. The molecular weight excluding hydrogens is 480 g/mol. The van der Waals surface area contributed by atoms with Crippen molar-refractivity contribution in [1.82, 2.24) is 9.88 Å². The number of oxazole rings is 1. The topological polar surface area (TPSA) is 89.3 Å². The summed E-state index contributed by atoms with van der Waals surface area (Å²) in [5, 5.41) is 3.27. The number of anilines is 2. The first-order chi connectivity index (χ1) is 17.5. The molecule has 2 aliphatic rings. The number of rotatable bonds is 5. The van der Waals surface area contributed by atoms with Gasteiger partial charge in [0.15, 0.2) is 22.1 Å². The second-order valence-electron chi connectivity index (χ2n) is 9.03. The average Bonchev–Trinajstić information content (AvgIpc) is 3.62. The third kappa shape index (κ3) is 4.57. The Hall–Kier alpha value is -3.76. The van der Waals surface area contributed by atoms with E-state index in [4.69, 9.17) is 18.6 Å². The quantitative estimate of drug-likeness (QED) is 0.384. The number of ether oxygens (including phenoxy) is 3. The SMILES string of the molecule is CN1CCC(N(C)c2nc3cc(NC(=O)Oc4ccc(-c5ccc6c(c5)OCO6)s4)ccc3o2)CC1. The van der Waals surface area contributed by atoms with Gasteiger partial charge >= 0.3 is 6.09 Å². The molecule has 0 bridgehead atoms.